The molecule has 0 aliphatic carbocycles. The highest BCUT2D eigenvalue weighted by Crippen LogP contribution is 2.34. The minimum Gasteiger partial charge on any atom is -0.384 e. The summed E-state index contributed by atoms with van der Waals surface area (Å²) in [5.41, 5.74) is 8.21. The van der Waals surface area contributed by atoms with Gasteiger partial charge in [0.1, 0.15) is 16.2 Å². The molecule has 2 aromatic carbocycles. The topological polar surface area (TPSA) is 90.9 Å². The van der Waals surface area contributed by atoms with Crippen molar-refractivity contribution in [3.63, 3.8) is 0 Å². The van der Waals surface area contributed by atoms with Crippen molar-refractivity contribution in [1.29, 1.82) is 0 Å². The van der Waals surface area contributed by atoms with Crippen molar-refractivity contribution < 1.29 is 8.42 Å². The number of aryl methyl sites for hydroxylation is 2. The standard InChI is InChI=1S/C20H18N4O2S/c21-19-18(27(25,26)16-9-5-2-6-10-16)17-20(23-13-12-22-17)24(19)14-11-15-7-3-1-4-8-15/h1-10,12-13H,11,14,21H2. The van der Waals surface area contributed by atoms with E-state index in [9.17, 15) is 8.42 Å². The fourth-order valence-corrected chi connectivity index (χ4v) is 4.68. The highest BCUT2D eigenvalue weighted by atomic mass is 32.2. The molecule has 4 rings (SSSR count). The van der Waals surface area contributed by atoms with Gasteiger partial charge in [-0.15, -0.1) is 0 Å². The molecule has 2 heterocycles. The molecule has 0 bridgehead atoms. The van der Waals surface area contributed by atoms with Crippen LogP contribution in [0.3, 0.4) is 0 Å². The van der Waals surface area contributed by atoms with Crippen LogP contribution in [0.5, 0.6) is 0 Å². The summed E-state index contributed by atoms with van der Waals surface area (Å²) >= 11 is 0. The van der Waals surface area contributed by atoms with Crippen LogP contribution < -0.4 is 5.73 Å². The molecule has 136 valence electrons. The minimum atomic E-state index is -3.81. The predicted molar refractivity (Wildman–Crippen MR) is 104 cm³/mol. The minimum absolute atomic E-state index is 0.0184. The second kappa shape index (κ2) is 6.85. The highest BCUT2D eigenvalue weighted by molar-refractivity contribution is 7.92. The predicted octanol–water partition coefficient (Wildman–Crippen LogP) is 3.09. The molecule has 6 nitrogen and oxygen atoms in total. The lowest BCUT2D eigenvalue weighted by Gasteiger charge is -2.08. The van der Waals surface area contributed by atoms with Crippen molar-refractivity contribution in [1.82, 2.24) is 14.5 Å². The van der Waals surface area contributed by atoms with Crippen LogP contribution in [-0.2, 0) is 22.8 Å². The maximum Gasteiger partial charge on any atom is 0.212 e. The van der Waals surface area contributed by atoms with Crippen molar-refractivity contribution >= 4 is 26.8 Å². The van der Waals surface area contributed by atoms with Crippen molar-refractivity contribution in [3.8, 4) is 0 Å². The van der Waals surface area contributed by atoms with Gasteiger partial charge >= 0.3 is 0 Å². The summed E-state index contributed by atoms with van der Waals surface area (Å²) in [7, 11) is -3.81. The molecular formula is C20H18N4O2S. The second-order valence-corrected chi connectivity index (χ2v) is 8.03. The van der Waals surface area contributed by atoms with Crippen molar-refractivity contribution in [2.24, 2.45) is 0 Å². The number of aromatic nitrogens is 3. The fourth-order valence-electron chi connectivity index (χ4n) is 3.14. The summed E-state index contributed by atoms with van der Waals surface area (Å²) in [6, 6.07) is 18.2. The third-order valence-corrected chi connectivity index (χ3v) is 6.29. The van der Waals surface area contributed by atoms with Gasteiger partial charge in [0.2, 0.25) is 9.84 Å². The number of nitrogens with zero attached hydrogens (tertiary/aromatic N) is 3. The molecule has 0 saturated carbocycles. The van der Waals surface area contributed by atoms with E-state index in [0.717, 1.165) is 5.56 Å². The maximum atomic E-state index is 13.2. The number of sulfone groups is 1. The lowest BCUT2D eigenvalue weighted by Crippen LogP contribution is -2.09. The van der Waals surface area contributed by atoms with E-state index in [2.05, 4.69) is 9.97 Å². The third kappa shape index (κ3) is 3.06. The second-order valence-electron chi connectivity index (χ2n) is 6.15. The van der Waals surface area contributed by atoms with E-state index in [-0.39, 0.29) is 15.6 Å². The first-order chi connectivity index (χ1) is 13.1. The van der Waals surface area contributed by atoms with E-state index >= 15 is 0 Å². The van der Waals surface area contributed by atoms with Crippen LogP contribution in [0.2, 0.25) is 0 Å². The highest BCUT2D eigenvalue weighted by Gasteiger charge is 2.29. The number of benzene rings is 2. The van der Waals surface area contributed by atoms with E-state index in [0.29, 0.717) is 24.1 Å². The number of anilines is 1. The molecule has 27 heavy (non-hydrogen) atoms. The first kappa shape index (κ1) is 17.2. The molecule has 0 fully saturated rings. The van der Waals surface area contributed by atoms with Gasteiger partial charge in [-0.25, -0.2) is 18.4 Å². The van der Waals surface area contributed by atoms with Gasteiger partial charge in [-0.05, 0) is 24.1 Å². The van der Waals surface area contributed by atoms with E-state index in [1.54, 1.807) is 41.1 Å². The van der Waals surface area contributed by atoms with Gasteiger partial charge < -0.3 is 10.3 Å². The largest absolute Gasteiger partial charge is 0.384 e. The van der Waals surface area contributed by atoms with Crippen LogP contribution in [0.15, 0.2) is 82.8 Å². The Kier molecular flexibility index (Phi) is 4.37. The van der Waals surface area contributed by atoms with Crippen LogP contribution >= 0.6 is 0 Å². The Hall–Kier alpha value is -3.19. The zero-order chi connectivity index (χ0) is 18.9. The number of fused-ring (bicyclic) bond motifs is 1. The summed E-state index contributed by atoms with van der Waals surface area (Å²) in [6.45, 7) is 0.509. The summed E-state index contributed by atoms with van der Waals surface area (Å²) in [5.74, 6) is 0.163. The van der Waals surface area contributed by atoms with Gasteiger partial charge in [0.25, 0.3) is 0 Å². The number of hydrogen-bond donors (Lipinski definition) is 1. The lowest BCUT2D eigenvalue weighted by molar-refractivity contribution is 0.596. The Morgan fingerprint density at radius 3 is 2.22 bits per heavy atom. The summed E-state index contributed by atoms with van der Waals surface area (Å²) < 4.78 is 28.1. The van der Waals surface area contributed by atoms with Gasteiger partial charge in [-0.3, -0.25) is 0 Å². The molecule has 0 radical (unpaired) electrons. The molecule has 0 spiro atoms. The van der Waals surface area contributed by atoms with Crippen LogP contribution in [0, 0.1) is 0 Å². The number of rotatable bonds is 5. The van der Waals surface area contributed by atoms with Crippen molar-refractivity contribution in [2.75, 3.05) is 5.73 Å². The molecule has 0 aliphatic heterocycles. The lowest BCUT2D eigenvalue weighted by atomic mass is 10.1. The van der Waals surface area contributed by atoms with Gasteiger partial charge in [-0.1, -0.05) is 48.5 Å². The number of hydrogen-bond acceptors (Lipinski definition) is 5. The van der Waals surface area contributed by atoms with E-state index in [1.807, 2.05) is 30.3 Å². The normalized spacial score (nSPS) is 11.7. The SMILES string of the molecule is Nc1c(S(=O)(=O)c2ccccc2)c2nccnc2n1CCc1ccccc1. The zero-order valence-electron chi connectivity index (χ0n) is 14.5. The molecule has 0 atom stereocenters. The molecular weight excluding hydrogens is 360 g/mol. The Bertz CT molecular complexity index is 1190. The van der Waals surface area contributed by atoms with Crippen LogP contribution in [0.1, 0.15) is 5.56 Å². The maximum absolute atomic E-state index is 13.2. The average Bonchev–Trinajstić information content (AvgIpc) is 2.99. The van der Waals surface area contributed by atoms with Crippen LogP contribution in [-0.4, -0.2) is 23.0 Å². The van der Waals surface area contributed by atoms with Gasteiger partial charge in [0.05, 0.1) is 4.90 Å². The Morgan fingerprint density at radius 2 is 1.52 bits per heavy atom. The smallest absolute Gasteiger partial charge is 0.212 e. The molecule has 0 aliphatic rings. The monoisotopic (exact) mass is 378 g/mol. The number of nitrogens with two attached hydrogens (primary N) is 1. The number of nitrogen functional groups attached to an aromatic ring is 1. The quantitative estimate of drug-likeness (QED) is 0.576. The Balaban J connectivity index is 1.84. The molecule has 7 heteroatoms. The van der Waals surface area contributed by atoms with Crippen molar-refractivity contribution in [2.45, 2.75) is 22.8 Å². The van der Waals surface area contributed by atoms with Crippen molar-refractivity contribution in [3.05, 3.63) is 78.6 Å². The zero-order valence-corrected chi connectivity index (χ0v) is 15.3. The molecule has 0 amide bonds. The van der Waals surface area contributed by atoms with E-state index in [1.165, 1.54) is 6.20 Å². The fraction of sp³-hybridized carbons (Fsp3) is 0.100. The molecule has 0 unspecified atom stereocenters. The Labute approximate surface area is 157 Å². The average molecular weight is 378 g/mol. The first-order valence-corrected chi connectivity index (χ1v) is 10.00. The van der Waals surface area contributed by atoms with E-state index < -0.39 is 9.84 Å². The van der Waals surface area contributed by atoms with Crippen LogP contribution in [0.4, 0.5) is 5.82 Å². The van der Waals surface area contributed by atoms with Gasteiger partial charge in [-0.2, -0.15) is 0 Å². The third-order valence-electron chi connectivity index (χ3n) is 4.46. The molecule has 0 saturated heterocycles. The Morgan fingerprint density at radius 1 is 0.889 bits per heavy atom. The molecule has 4 aromatic rings. The van der Waals surface area contributed by atoms with E-state index in [4.69, 9.17) is 5.73 Å². The van der Waals surface area contributed by atoms with Gasteiger partial charge in [0, 0.05) is 18.9 Å². The van der Waals surface area contributed by atoms with Crippen LogP contribution in [0.25, 0.3) is 11.2 Å². The molecule has 2 N–H and O–H groups in total. The van der Waals surface area contributed by atoms with Gasteiger partial charge in [0.15, 0.2) is 5.65 Å². The summed E-state index contributed by atoms with van der Waals surface area (Å²) in [4.78, 5) is 8.81. The first-order valence-electron chi connectivity index (χ1n) is 8.52. The summed E-state index contributed by atoms with van der Waals surface area (Å²) in [5, 5.41) is 0. The molecule has 2 aromatic heterocycles. The summed E-state index contributed by atoms with van der Waals surface area (Å²) in [6.07, 6.45) is 3.73.